The molecule has 0 radical (unpaired) electrons. The maximum Gasteiger partial charge on any atom is 0.112 e. The van der Waals surface area contributed by atoms with Crippen LogP contribution in [0.3, 0.4) is 0 Å². The molecule has 172 valence electrons. The molecule has 0 amide bonds. The molecule has 0 aliphatic heterocycles. The summed E-state index contributed by atoms with van der Waals surface area (Å²) in [5.41, 5.74) is 2.80. The molecular weight excluding hydrogens is 388 g/mol. The van der Waals surface area contributed by atoms with Gasteiger partial charge in [-0.3, -0.25) is 0 Å². The molecule has 2 heteroatoms. The van der Waals surface area contributed by atoms with E-state index >= 15 is 0 Å². The molecule has 0 aliphatic carbocycles. The lowest BCUT2D eigenvalue weighted by Gasteiger charge is -2.39. The highest BCUT2D eigenvalue weighted by Gasteiger charge is 2.38. The largest absolute Gasteiger partial charge is 0.335 e. The van der Waals surface area contributed by atoms with E-state index < -0.39 is 0 Å². The summed E-state index contributed by atoms with van der Waals surface area (Å²) in [7, 11) is 0. The standard InChI is InChI=1S/C30H42N2/c1-4-6-7-8-9-16-23-32-24-22-31-29(32)28(17-5-2)30(3,27-20-14-11-15-21-27)25-26-18-12-10-13-19-26/h10-15,18-22,24,28H,4-9,16-17,23,25H2,1-3H3. The van der Waals surface area contributed by atoms with Crippen molar-refractivity contribution in [3.05, 3.63) is 90.0 Å². The van der Waals surface area contributed by atoms with Gasteiger partial charge in [0.15, 0.2) is 0 Å². The summed E-state index contributed by atoms with van der Waals surface area (Å²) in [6.45, 7) is 8.13. The summed E-state index contributed by atoms with van der Waals surface area (Å²) < 4.78 is 2.45. The number of rotatable bonds is 14. The van der Waals surface area contributed by atoms with Crippen molar-refractivity contribution in [3.63, 3.8) is 0 Å². The lowest BCUT2D eigenvalue weighted by Crippen LogP contribution is -2.35. The van der Waals surface area contributed by atoms with Gasteiger partial charge in [0.2, 0.25) is 0 Å². The summed E-state index contributed by atoms with van der Waals surface area (Å²) >= 11 is 0. The van der Waals surface area contributed by atoms with Crippen molar-refractivity contribution in [2.75, 3.05) is 0 Å². The van der Waals surface area contributed by atoms with Gasteiger partial charge in [-0.2, -0.15) is 0 Å². The van der Waals surface area contributed by atoms with Crippen molar-refractivity contribution in [3.8, 4) is 0 Å². The van der Waals surface area contributed by atoms with Crippen molar-refractivity contribution >= 4 is 0 Å². The predicted molar refractivity (Wildman–Crippen MR) is 137 cm³/mol. The minimum absolute atomic E-state index is 0.0111. The van der Waals surface area contributed by atoms with Gasteiger partial charge >= 0.3 is 0 Å². The van der Waals surface area contributed by atoms with Gasteiger partial charge in [-0.1, -0.05) is 120 Å². The maximum atomic E-state index is 4.96. The van der Waals surface area contributed by atoms with E-state index in [0.717, 1.165) is 25.8 Å². The Hall–Kier alpha value is -2.35. The van der Waals surface area contributed by atoms with Crippen LogP contribution < -0.4 is 0 Å². The average molecular weight is 431 g/mol. The molecule has 1 heterocycles. The third kappa shape index (κ3) is 6.34. The van der Waals surface area contributed by atoms with Crippen molar-refractivity contribution in [2.45, 2.75) is 96.4 Å². The molecule has 2 atom stereocenters. The highest BCUT2D eigenvalue weighted by atomic mass is 15.1. The maximum absolute atomic E-state index is 4.96. The molecule has 0 N–H and O–H groups in total. The Kier molecular flexibility index (Phi) is 9.59. The molecular formula is C30H42N2. The molecule has 1 aromatic heterocycles. The van der Waals surface area contributed by atoms with Gasteiger partial charge in [0.05, 0.1) is 0 Å². The monoisotopic (exact) mass is 430 g/mol. The second-order valence-corrected chi connectivity index (χ2v) is 9.53. The number of hydrogen-bond acceptors (Lipinski definition) is 1. The van der Waals surface area contributed by atoms with Gasteiger partial charge in [-0.15, -0.1) is 0 Å². The Morgan fingerprint density at radius 3 is 2.16 bits per heavy atom. The highest BCUT2D eigenvalue weighted by molar-refractivity contribution is 5.33. The second-order valence-electron chi connectivity index (χ2n) is 9.53. The average Bonchev–Trinajstić information content (AvgIpc) is 3.29. The summed E-state index contributed by atoms with van der Waals surface area (Å²) in [5, 5.41) is 0. The van der Waals surface area contributed by atoms with Crippen LogP contribution >= 0.6 is 0 Å². The van der Waals surface area contributed by atoms with Crippen molar-refractivity contribution < 1.29 is 0 Å². The first kappa shape index (κ1) is 24.3. The lowest BCUT2D eigenvalue weighted by atomic mass is 9.66. The fourth-order valence-corrected chi connectivity index (χ4v) is 5.17. The predicted octanol–water partition coefficient (Wildman–Crippen LogP) is 8.33. The molecule has 3 rings (SSSR count). The Labute approximate surface area is 196 Å². The molecule has 2 aromatic carbocycles. The van der Waals surface area contributed by atoms with E-state index in [1.54, 1.807) is 0 Å². The van der Waals surface area contributed by atoms with Crippen molar-refractivity contribution in [1.29, 1.82) is 0 Å². The fourth-order valence-electron chi connectivity index (χ4n) is 5.17. The molecule has 0 spiro atoms. The normalized spacial score (nSPS) is 14.2. The summed E-state index contributed by atoms with van der Waals surface area (Å²) in [4.78, 5) is 4.96. The third-order valence-corrected chi connectivity index (χ3v) is 7.01. The minimum atomic E-state index is -0.0111. The Morgan fingerprint density at radius 2 is 1.47 bits per heavy atom. The quantitative estimate of drug-likeness (QED) is 0.235. The molecule has 0 aliphatic rings. The van der Waals surface area contributed by atoms with E-state index in [0.29, 0.717) is 5.92 Å². The number of imidazole rings is 1. The van der Waals surface area contributed by atoms with Gasteiger partial charge in [-0.05, 0) is 30.4 Å². The molecule has 0 saturated heterocycles. The van der Waals surface area contributed by atoms with Gasteiger partial charge in [0.25, 0.3) is 0 Å². The van der Waals surface area contributed by atoms with Crippen LogP contribution in [0.15, 0.2) is 73.1 Å². The van der Waals surface area contributed by atoms with Gasteiger partial charge < -0.3 is 4.57 Å². The molecule has 3 aromatic rings. The topological polar surface area (TPSA) is 17.8 Å². The first-order valence-corrected chi connectivity index (χ1v) is 12.8. The number of nitrogens with zero attached hydrogens (tertiary/aromatic N) is 2. The van der Waals surface area contributed by atoms with Crippen LogP contribution in [0.2, 0.25) is 0 Å². The molecule has 32 heavy (non-hydrogen) atoms. The Bertz CT molecular complexity index is 883. The number of benzene rings is 2. The fraction of sp³-hybridized carbons (Fsp3) is 0.500. The SMILES string of the molecule is CCCCCCCCn1ccnc1C(CCC)C(C)(Cc1ccccc1)c1ccccc1. The number of aromatic nitrogens is 2. The van der Waals surface area contributed by atoms with Crippen molar-refractivity contribution in [1.82, 2.24) is 9.55 Å². The minimum Gasteiger partial charge on any atom is -0.335 e. The van der Waals surface area contributed by atoms with Crippen LogP contribution in [0.4, 0.5) is 0 Å². The Morgan fingerprint density at radius 1 is 0.812 bits per heavy atom. The van der Waals surface area contributed by atoms with E-state index in [2.05, 4.69) is 92.2 Å². The van der Waals surface area contributed by atoms with Crippen molar-refractivity contribution in [2.24, 2.45) is 0 Å². The number of hydrogen-bond donors (Lipinski definition) is 0. The second kappa shape index (κ2) is 12.6. The zero-order chi connectivity index (χ0) is 22.7. The molecule has 2 unspecified atom stereocenters. The van der Waals surface area contributed by atoms with E-state index in [-0.39, 0.29) is 5.41 Å². The zero-order valence-corrected chi connectivity index (χ0v) is 20.5. The van der Waals surface area contributed by atoms with Crippen LogP contribution in [0.1, 0.15) is 95.0 Å². The van der Waals surface area contributed by atoms with Crippen LogP contribution in [0.5, 0.6) is 0 Å². The lowest BCUT2D eigenvalue weighted by molar-refractivity contribution is 0.328. The third-order valence-electron chi connectivity index (χ3n) is 7.01. The smallest absolute Gasteiger partial charge is 0.112 e. The summed E-state index contributed by atoms with van der Waals surface area (Å²) in [6, 6.07) is 22.1. The highest BCUT2D eigenvalue weighted by Crippen LogP contribution is 2.44. The molecule has 0 bridgehead atoms. The van der Waals surface area contributed by atoms with Gasteiger partial charge in [-0.25, -0.2) is 4.98 Å². The van der Waals surface area contributed by atoms with E-state index in [4.69, 9.17) is 4.98 Å². The zero-order valence-electron chi connectivity index (χ0n) is 20.5. The van der Waals surface area contributed by atoms with Crippen LogP contribution in [-0.4, -0.2) is 9.55 Å². The van der Waals surface area contributed by atoms with E-state index in [1.807, 2.05) is 6.20 Å². The van der Waals surface area contributed by atoms with E-state index in [9.17, 15) is 0 Å². The Balaban J connectivity index is 1.87. The number of unbranched alkanes of at least 4 members (excludes halogenated alkanes) is 5. The molecule has 0 fully saturated rings. The van der Waals surface area contributed by atoms with Crippen LogP contribution in [0, 0.1) is 0 Å². The first-order valence-electron chi connectivity index (χ1n) is 12.8. The molecule has 2 nitrogen and oxygen atoms in total. The first-order chi connectivity index (χ1) is 15.7. The summed E-state index contributed by atoms with van der Waals surface area (Å²) in [5.74, 6) is 1.65. The molecule has 0 saturated carbocycles. The van der Waals surface area contributed by atoms with Crippen LogP contribution in [-0.2, 0) is 18.4 Å². The number of aryl methyl sites for hydroxylation is 1. The van der Waals surface area contributed by atoms with Crippen LogP contribution in [0.25, 0.3) is 0 Å². The summed E-state index contributed by atoms with van der Waals surface area (Å²) in [6.07, 6.45) is 15.5. The van der Waals surface area contributed by atoms with E-state index in [1.165, 1.54) is 55.5 Å². The van der Waals surface area contributed by atoms with Gasteiger partial charge in [0, 0.05) is 30.3 Å². The van der Waals surface area contributed by atoms with Gasteiger partial charge in [0.1, 0.15) is 5.82 Å².